The largest absolute Gasteiger partial charge is 0.494 e. The molecule has 0 saturated carbocycles. The maximum atomic E-state index is 14.3. The van der Waals surface area contributed by atoms with Crippen molar-refractivity contribution in [2.75, 3.05) is 13.2 Å². The molecular weight excluding hydrogens is 691 g/mol. The summed E-state index contributed by atoms with van der Waals surface area (Å²) in [6.45, 7) is 0.180. The van der Waals surface area contributed by atoms with Gasteiger partial charge in [0.2, 0.25) is 5.90 Å². The van der Waals surface area contributed by atoms with Gasteiger partial charge in [-0.3, -0.25) is 10.2 Å². The molecule has 1 aliphatic heterocycles. The highest BCUT2D eigenvalue weighted by molar-refractivity contribution is 9.10. The number of rotatable bonds is 12. The number of hydrogen-bond acceptors (Lipinski definition) is 6. The van der Waals surface area contributed by atoms with E-state index in [1.807, 2.05) is 24.3 Å². The lowest BCUT2D eigenvalue weighted by molar-refractivity contribution is -0.130. The van der Waals surface area contributed by atoms with E-state index in [1.165, 1.54) is 0 Å². The fraction of sp³-hybridized carbons (Fsp3) is 0.212. The monoisotopic (exact) mass is 717 g/mol. The second kappa shape index (κ2) is 14.7. The van der Waals surface area contributed by atoms with Crippen LogP contribution in [0.5, 0.6) is 5.75 Å². The zero-order valence-corrected chi connectivity index (χ0v) is 26.8. The van der Waals surface area contributed by atoms with Gasteiger partial charge in [0, 0.05) is 57.2 Å². The summed E-state index contributed by atoms with van der Waals surface area (Å²) in [5.74, 6) is -1.05. The second-order valence-electron chi connectivity index (χ2n) is 10.3. The maximum Gasteiger partial charge on any atom is 0.266 e. The number of hydrazine groups is 1. The third kappa shape index (κ3) is 7.65. The number of nitrogens with one attached hydrogen (secondary N) is 2. The quantitative estimate of drug-likeness (QED) is 0.107. The minimum Gasteiger partial charge on any atom is -0.494 e. The van der Waals surface area contributed by atoms with Crippen LogP contribution in [0.3, 0.4) is 0 Å². The smallest absolute Gasteiger partial charge is 0.266 e. The number of aliphatic hydroxyl groups is 1. The molecule has 7 nitrogen and oxygen atoms in total. The van der Waals surface area contributed by atoms with Crippen molar-refractivity contribution in [3.05, 3.63) is 133 Å². The van der Waals surface area contributed by atoms with Gasteiger partial charge in [0.1, 0.15) is 17.4 Å². The third-order valence-electron chi connectivity index (χ3n) is 7.18. The van der Waals surface area contributed by atoms with Gasteiger partial charge in [0.25, 0.3) is 5.91 Å². The van der Waals surface area contributed by atoms with Crippen LogP contribution >= 0.6 is 39.1 Å². The zero-order valence-electron chi connectivity index (χ0n) is 23.7. The lowest BCUT2D eigenvalue weighted by atomic mass is 9.82. The van der Waals surface area contributed by atoms with Crippen molar-refractivity contribution in [1.29, 1.82) is 0 Å². The Kier molecular flexibility index (Phi) is 10.7. The summed E-state index contributed by atoms with van der Waals surface area (Å²) in [6, 6.07) is 22.4. The molecule has 0 spiro atoms. The molecule has 1 heterocycles. The number of halogens is 5. The van der Waals surface area contributed by atoms with E-state index in [1.54, 1.807) is 42.5 Å². The predicted octanol–water partition coefficient (Wildman–Crippen LogP) is 7.12. The van der Waals surface area contributed by atoms with Gasteiger partial charge in [-0.2, -0.15) is 0 Å². The van der Waals surface area contributed by atoms with Crippen LogP contribution in [0.2, 0.25) is 10.0 Å². The summed E-state index contributed by atoms with van der Waals surface area (Å²) in [5, 5.41) is 9.71. The minimum absolute atomic E-state index is 0.0189. The number of ether oxygens (including phenoxy) is 2. The number of aliphatic imine (C=N–C) groups is 1. The number of carbonyl (C=O) groups is 1. The molecule has 0 unspecified atom stereocenters. The van der Waals surface area contributed by atoms with Crippen molar-refractivity contribution < 1.29 is 28.2 Å². The van der Waals surface area contributed by atoms with Crippen LogP contribution in [0.25, 0.3) is 0 Å². The summed E-state index contributed by atoms with van der Waals surface area (Å²) in [6.07, 6.45) is -0.447. The fourth-order valence-corrected chi connectivity index (χ4v) is 5.84. The van der Waals surface area contributed by atoms with Crippen molar-refractivity contribution in [1.82, 2.24) is 10.9 Å². The molecule has 3 N–H and O–H groups in total. The fourth-order valence-electron chi connectivity index (χ4n) is 4.91. The number of benzene rings is 4. The van der Waals surface area contributed by atoms with E-state index < -0.39 is 29.2 Å². The Morgan fingerprint density at radius 2 is 1.80 bits per heavy atom. The normalized spacial score (nSPS) is 17.5. The first-order valence-electron chi connectivity index (χ1n) is 14.0. The van der Waals surface area contributed by atoms with Gasteiger partial charge in [-0.15, -0.1) is 0 Å². The highest BCUT2D eigenvalue weighted by atomic mass is 79.9. The molecule has 0 saturated heterocycles. The second-order valence-corrected chi connectivity index (χ2v) is 12.0. The first kappa shape index (κ1) is 32.8. The topological polar surface area (TPSA) is 92.2 Å². The summed E-state index contributed by atoms with van der Waals surface area (Å²) in [5.41, 5.74) is 5.60. The molecule has 1 amide bonds. The van der Waals surface area contributed by atoms with Crippen LogP contribution < -0.4 is 15.6 Å². The van der Waals surface area contributed by atoms with Crippen LogP contribution in [0.15, 0.2) is 94.4 Å². The molecule has 0 bridgehead atoms. The molecule has 0 radical (unpaired) electrons. The summed E-state index contributed by atoms with van der Waals surface area (Å²) < 4.78 is 41.0. The average molecular weight is 719 g/mol. The highest BCUT2D eigenvalue weighted by Gasteiger charge is 2.54. The Morgan fingerprint density at radius 3 is 2.53 bits per heavy atom. The van der Waals surface area contributed by atoms with Gasteiger partial charge in [-0.1, -0.05) is 63.4 Å². The molecule has 12 heteroatoms. The molecule has 4 aromatic rings. The summed E-state index contributed by atoms with van der Waals surface area (Å²) in [7, 11) is 0. The first-order chi connectivity index (χ1) is 21.7. The van der Waals surface area contributed by atoms with Crippen molar-refractivity contribution in [3.8, 4) is 5.75 Å². The minimum atomic E-state index is -1.62. The molecule has 5 rings (SSSR count). The Balaban J connectivity index is 1.55. The lowest BCUT2D eigenvalue weighted by Crippen LogP contribution is -2.53. The predicted molar refractivity (Wildman–Crippen MR) is 172 cm³/mol. The maximum absolute atomic E-state index is 14.3. The SMILES string of the molecule is O=C(NNCc1cc(F)ccc1F)[C@@]1(Cc2ccccc2Br)N=C(c2ccc(OCCCO)cc2)O[C@H]1c1ccc(Cl)cc1Cl. The van der Waals surface area contributed by atoms with Crippen LogP contribution in [-0.4, -0.2) is 35.7 Å². The Hall–Kier alpha value is -3.54. The van der Waals surface area contributed by atoms with E-state index in [0.717, 1.165) is 28.2 Å². The van der Waals surface area contributed by atoms with Crippen molar-refractivity contribution in [3.63, 3.8) is 0 Å². The number of amides is 1. The van der Waals surface area contributed by atoms with E-state index in [0.29, 0.717) is 34.9 Å². The van der Waals surface area contributed by atoms with Crippen LogP contribution in [0, 0.1) is 11.6 Å². The number of aliphatic hydroxyl groups excluding tert-OH is 1. The number of carbonyl (C=O) groups excluding carboxylic acids is 1. The summed E-state index contributed by atoms with van der Waals surface area (Å²) >= 11 is 16.5. The van der Waals surface area contributed by atoms with Crippen LogP contribution in [0.1, 0.15) is 34.8 Å². The summed E-state index contributed by atoms with van der Waals surface area (Å²) in [4.78, 5) is 19.2. The molecule has 0 aromatic heterocycles. The molecule has 2 atom stereocenters. The van der Waals surface area contributed by atoms with Crippen LogP contribution in [-0.2, 0) is 22.5 Å². The molecule has 4 aromatic carbocycles. The number of hydrogen-bond donors (Lipinski definition) is 3. The van der Waals surface area contributed by atoms with Gasteiger partial charge in [0.15, 0.2) is 11.6 Å². The molecule has 1 aliphatic rings. The van der Waals surface area contributed by atoms with Gasteiger partial charge < -0.3 is 14.6 Å². The van der Waals surface area contributed by atoms with E-state index in [2.05, 4.69) is 26.8 Å². The highest BCUT2D eigenvalue weighted by Crippen LogP contribution is 2.45. The van der Waals surface area contributed by atoms with Gasteiger partial charge >= 0.3 is 0 Å². The molecule has 0 fully saturated rings. The van der Waals surface area contributed by atoms with Gasteiger partial charge in [-0.05, 0) is 66.2 Å². The Bertz CT molecular complexity index is 1710. The average Bonchev–Trinajstić information content (AvgIpc) is 3.40. The van der Waals surface area contributed by atoms with E-state index in [9.17, 15) is 13.6 Å². The van der Waals surface area contributed by atoms with E-state index in [-0.39, 0.29) is 36.1 Å². The van der Waals surface area contributed by atoms with Crippen molar-refractivity contribution in [2.24, 2.45) is 4.99 Å². The van der Waals surface area contributed by atoms with E-state index >= 15 is 0 Å². The molecular formula is C33H28BrCl2F2N3O4. The Labute approximate surface area is 277 Å². The van der Waals surface area contributed by atoms with Gasteiger partial charge in [0.05, 0.1) is 6.61 Å². The van der Waals surface area contributed by atoms with Gasteiger partial charge in [-0.25, -0.2) is 19.2 Å². The van der Waals surface area contributed by atoms with Crippen molar-refractivity contribution >= 4 is 50.9 Å². The van der Waals surface area contributed by atoms with E-state index in [4.69, 9.17) is 42.8 Å². The number of nitrogens with zero attached hydrogens (tertiary/aromatic N) is 1. The molecule has 234 valence electrons. The third-order valence-corrected chi connectivity index (χ3v) is 8.52. The standard InChI is InChI=1S/C33H28BrCl2F2N3O4/c34-27-5-2-1-4-21(27)18-33(32(43)41-39-19-22-16-24(37)9-13-29(22)38)30(26-12-8-23(35)17-28(26)36)45-31(40-33)20-6-10-25(11-7-20)44-15-3-14-42/h1-2,4-13,16-17,30,39,42H,3,14-15,18-19H2,(H,41,43)/t30-,33-/m0/s1. The van der Waals surface area contributed by atoms with Crippen molar-refractivity contribution in [2.45, 2.75) is 31.0 Å². The van der Waals surface area contributed by atoms with Crippen LogP contribution in [0.4, 0.5) is 8.78 Å². The molecule has 45 heavy (non-hydrogen) atoms. The Morgan fingerprint density at radius 1 is 1.02 bits per heavy atom. The zero-order chi connectivity index (χ0) is 32.0. The first-order valence-corrected chi connectivity index (χ1v) is 15.5. The lowest BCUT2D eigenvalue weighted by Gasteiger charge is -2.31. The molecule has 0 aliphatic carbocycles.